The van der Waals surface area contributed by atoms with E-state index in [1.54, 1.807) is 0 Å². The van der Waals surface area contributed by atoms with Gasteiger partial charge in [0.2, 0.25) is 0 Å². The maximum Gasteiger partial charge on any atom is 0.161 e. The number of nitrogens with two attached hydrogens (primary N) is 1. The Labute approximate surface area is 119 Å². The zero-order valence-corrected chi connectivity index (χ0v) is 12.7. The van der Waals surface area contributed by atoms with Gasteiger partial charge >= 0.3 is 0 Å². The van der Waals surface area contributed by atoms with E-state index in [9.17, 15) is 0 Å². The Morgan fingerprint density at radius 1 is 1.00 bits per heavy atom. The van der Waals surface area contributed by atoms with Gasteiger partial charge in [-0.05, 0) is 38.8 Å². The highest BCUT2D eigenvalue weighted by Crippen LogP contribution is 2.27. The van der Waals surface area contributed by atoms with Crippen LogP contribution < -0.4 is 11.3 Å². The van der Waals surface area contributed by atoms with Crippen LogP contribution in [0.5, 0.6) is 0 Å². The normalized spacial score (nSPS) is 10.9. The Morgan fingerprint density at radius 3 is 2.10 bits per heavy atom. The summed E-state index contributed by atoms with van der Waals surface area (Å²) in [6, 6.07) is 3.97. The fraction of sp³-hybridized carbons (Fsp3) is 0.400. The fourth-order valence-corrected chi connectivity index (χ4v) is 2.48. The van der Waals surface area contributed by atoms with Gasteiger partial charge in [0.25, 0.3) is 0 Å². The molecule has 20 heavy (non-hydrogen) atoms. The second kappa shape index (κ2) is 5.54. The van der Waals surface area contributed by atoms with E-state index < -0.39 is 0 Å². The molecule has 2 aromatic rings. The van der Waals surface area contributed by atoms with Gasteiger partial charge in [-0.15, -0.1) is 0 Å². The van der Waals surface area contributed by atoms with E-state index in [4.69, 9.17) is 5.84 Å². The van der Waals surface area contributed by atoms with Crippen LogP contribution in [0, 0.1) is 20.8 Å². The summed E-state index contributed by atoms with van der Waals surface area (Å²) in [6.07, 6.45) is 0. The number of rotatable bonds is 3. The third kappa shape index (κ3) is 2.77. The van der Waals surface area contributed by atoms with Crippen LogP contribution in [0.4, 0.5) is 5.82 Å². The van der Waals surface area contributed by atoms with Crippen molar-refractivity contribution in [3.05, 3.63) is 34.8 Å². The number of aryl methyl sites for hydroxylation is 3. The molecule has 0 atom stereocenters. The first-order valence-corrected chi connectivity index (χ1v) is 6.73. The molecule has 2 heterocycles. The summed E-state index contributed by atoms with van der Waals surface area (Å²) in [5.74, 6) is 7.29. The van der Waals surface area contributed by atoms with E-state index >= 15 is 0 Å². The number of nitrogens with one attached hydrogen (secondary N) is 1. The first-order chi connectivity index (χ1) is 9.42. The Hall–Kier alpha value is -2.01. The minimum absolute atomic E-state index is 0.316. The zero-order chi connectivity index (χ0) is 14.9. The molecule has 0 radical (unpaired) electrons. The Kier molecular flexibility index (Phi) is 3.99. The van der Waals surface area contributed by atoms with Crippen molar-refractivity contribution in [1.29, 1.82) is 0 Å². The van der Waals surface area contributed by atoms with E-state index in [0.717, 1.165) is 28.2 Å². The van der Waals surface area contributed by atoms with Gasteiger partial charge in [0.15, 0.2) is 5.82 Å². The number of aromatic nitrogens is 3. The van der Waals surface area contributed by atoms with Crippen LogP contribution >= 0.6 is 0 Å². The smallest absolute Gasteiger partial charge is 0.161 e. The number of nitrogens with zero attached hydrogens (tertiary/aromatic N) is 3. The zero-order valence-electron chi connectivity index (χ0n) is 12.7. The lowest BCUT2D eigenvalue weighted by molar-refractivity contribution is 0.831. The standard InChI is InChI=1S/C15H21N5/c1-8(2)13-11(5)18-14(19-15(13)20-16)12-6-9(3)17-10(4)7-12/h6-8H,16H2,1-5H3,(H,18,19,20). The van der Waals surface area contributed by atoms with Crippen molar-refractivity contribution in [3.8, 4) is 11.4 Å². The highest BCUT2D eigenvalue weighted by atomic mass is 15.3. The van der Waals surface area contributed by atoms with E-state index in [0.29, 0.717) is 17.6 Å². The molecule has 5 heteroatoms. The molecule has 3 N–H and O–H groups in total. The maximum atomic E-state index is 5.61. The minimum Gasteiger partial charge on any atom is -0.308 e. The Morgan fingerprint density at radius 2 is 1.60 bits per heavy atom. The monoisotopic (exact) mass is 271 g/mol. The molecule has 0 aliphatic carbocycles. The van der Waals surface area contributed by atoms with Crippen molar-refractivity contribution < 1.29 is 0 Å². The molecule has 0 bridgehead atoms. The second-order valence-electron chi connectivity index (χ2n) is 5.33. The van der Waals surface area contributed by atoms with Crippen molar-refractivity contribution in [2.75, 3.05) is 5.43 Å². The number of hydrogen-bond acceptors (Lipinski definition) is 5. The van der Waals surface area contributed by atoms with Crippen molar-refractivity contribution >= 4 is 5.82 Å². The molecular formula is C15H21N5. The topological polar surface area (TPSA) is 76.7 Å². The van der Waals surface area contributed by atoms with Gasteiger partial charge in [-0.3, -0.25) is 4.98 Å². The summed E-state index contributed by atoms with van der Waals surface area (Å²) >= 11 is 0. The second-order valence-corrected chi connectivity index (χ2v) is 5.33. The third-order valence-electron chi connectivity index (χ3n) is 3.19. The predicted molar refractivity (Wildman–Crippen MR) is 81.4 cm³/mol. The van der Waals surface area contributed by atoms with Gasteiger partial charge in [-0.25, -0.2) is 15.8 Å². The molecular weight excluding hydrogens is 250 g/mol. The van der Waals surface area contributed by atoms with Gasteiger partial charge in [-0.1, -0.05) is 13.8 Å². The van der Waals surface area contributed by atoms with Crippen molar-refractivity contribution in [1.82, 2.24) is 15.0 Å². The highest BCUT2D eigenvalue weighted by molar-refractivity contribution is 5.60. The number of hydrazine groups is 1. The molecule has 0 saturated heterocycles. The summed E-state index contributed by atoms with van der Waals surface area (Å²) in [5.41, 5.74) is 7.57. The van der Waals surface area contributed by atoms with Crippen LogP contribution in [-0.2, 0) is 0 Å². The van der Waals surface area contributed by atoms with E-state index in [-0.39, 0.29) is 0 Å². The Bertz CT molecular complexity index is 614. The highest BCUT2D eigenvalue weighted by Gasteiger charge is 2.15. The lowest BCUT2D eigenvalue weighted by Crippen LogP contribution is -2.14. The maximum absolute atomic E-state index is 5.61. The van der Waals surface area contributed by atoms with E-state index in [1.165, 1.54) is 0 Å². The quantitative estimate of drug-likeness (QED) is 0.663. The number of anilines is 1. The van der Waals surface area contributed by atoms with Crippen LogP contribution in [0.2, 0.25) is 0 Å². The summed E-state index contributed by atoms with van der Waals surface area (Å²) in [4.78, 5) is 13.5. The molecule has 0 fully saturated rings. The summed E-state index contributed by atoms with van der Waals surface area (Å²) in [5, 5.41) is 0. The van der Waals surface area contributed by atoms with Crippen molar-refractivity contribution in [2.45, 2.75) is 40.5 Å². The van der Waals surface area contributed by atoms with Gasteiger partial charge in [0.1, 0.15) is 5.82 Å². The van der Waals surface area contributed by atoms with Crippen LogP contribution in [-0.4, -0.2) is 15.0 Å². The number of pyridine rings is 1. The van der Waals surface area contributed by atoms with Gasteiger partial charge in [0, 0.05) is 28.2 Å². The molecule has 0 aliphatic heterocycles. The molecule has 0 saturated carbocycles. The molecule has 0 spiro atoms. The molecule has 0 amide bonds. The fourth-order valence-electron chi connectivity index (χ4n) is 2.48. The Balaban J connectivity index is 2.61. The van der Waals surface area contributed by atoms with Crippen LogP contribution in [0.25, 0.3) is 11.4 Å². The molecule has 0 aliphatic rings. The third-order valence-corrected chi connectivity index (χ3v) is 3.19. The summed E-state index contributed by atoms with van der Waals surface area (Å²) in [6.45, 7) is 10.1. The average Bonchev–Trinajstić information content (AvgIpc) is 2.35. The first kappa shape index (κ1) is 14.4. The predicted octanol–water partition coefficient (Wildman–Crippen LogP) is 2.87. The summed E-state index contributed by atoms with van der Waals surface area (Å²) in [7, 11) is 0. The van der Waals surface area contributed by atoms with E-state index in [1.807, 2.05) is 32.9 Å². The molecule has 2 rings (SSSR count). The minimum atomic E-state index is 0.316. The molecule has 2 aromatic heterocycles. The van der Waals surface area contributed by atoms with Crippen molar-refractivity contribution in [2.24, 2.45) is 5.84 Å². The first-order valence-electron chi connectivity index (χ1n) is 6.73. The van der Waals surface area contributed by atoms with Crippen LogP contribution in [0.15, 0.2) is 12.1 Å². The number of hydrogen-bond donors (Lipinski definition) is 2. The van der Waals surface area contributed by atoms with Gasteiger partial charge < -0.3 is 5.43 Å². The molecule has 5 nitrogen and oxygen atoms in total. The molecule has 0 aromatic carbocycles. The van der Waals surface area contributed by atoms with Gasteiger partial charge in [-0.2, -0.15) is 0 Å². The van der Waals surface area contributed by atoms with E-state index in [2.05, 4.69) is 34.2 Å². The van der Waals surface area contributed by atoms with Crippen molar-refractivity contribution in [3.63, 3.8) is 0 Å². The lowest BCUT2D eigenvalue weighted by atomic mass is 10.0. The van der Waals surface area contributed by atoms with Crippen LogP contribution in [0.3, 0.4) is 0 Å². The molecule has 106 valence electrons. The SMILES string of the molecule is Cc1cc(-c2nc(C)c(C(C)C)c(NN)n2)cc(C)n1. The molecule has 0 unspecified atom stereocenters. The van der Waals surface area contributed by atoms with Crippen LogP contribution in [0.1, 0.15) is 42.4 Å². The average molecular weight is 271 g/mol. The summed E-state index contributed by atoms with van der Waals surface area (Å²) < 4.78 is 0. The lowest BCUT2D eigenvalue weighted by Gasteiger charge is -2.15. The largest absolute Gasteiger partial charge is 0.308 e. The number of nitrogen functional groups attached to an aromatic ring is 1. The van der Waals surface area contributed by atoms with Gasteiger partial charge in [0.05, 0.1) is 0 Å².